The lowest BCUT2D eigenvalue weighted by Gasteiger charge is -2.19. The van der Waals surface area contributed by atoms with Gasteiger partial charge in [0.05, 0.1) is 20.6 Å². The standard InChI is InChI=1S/C18H21NO4/c1-12-9-16(22-3)17(23-4)10-13(12)11-18(21)19(2)14-5-7-15(20)8-6-14/h5-10,20H,11H2,1-4H3. The third-order valence-electron chi connectivity index (χ3n) is 3.79. The number of carbonyl (C=O) groups excluding carboxylic acids is 1. The lowest BCUT2D eigenvalue weighted by Crippen LogP contribution is -2.28. The maximum Gasteiger partial charge on any atom is 0.231 e. The van der Waals surface area contributed by atoms with Crippen LogP contribution in [0.1, 0.15) is 11.1 Å². The first-order chi connectivity index (χ1) is 11.0. The largest absolute Gasteiger partial charge is 0.508 e. The van der Waals surface area contributed by atoms with E-state index in [0.717, 1.165) is 16.8 Å². The average molecular weight is 315 g/mol. The van der Waals surface area contributed by atoms with Crippen LogP contribution in [0, 0.1) is 6.92 Å². The van der Waals surface area contributed by atoms with Gasteiger partial charge in [-0.2, -0.15) is 0 Å². The van der Waals surface area contributed by atoms with E-state index >= 15 is 0 Å². The van der Waals surface area contributed by atoms with Crippen molar-refractivity contribution in [3.05, 3.63) is 47.5 Å². The molecule has 0 atom stereocenters. The van der Waals surface area contributed by atoms with E-state index in [4.69, 9.17) is 9.47 Å². The Morgan fingerprint density at radius 3 is 2.22 bits per heavy atom. The van der Waals surface area contributed by atoms with Crippen molar-refractivity contribution in [1.29, 1.82) is 0 Å². The molecule has 1 N–H and O–H groups in total. The van der Waals surface area contributed by atoms with Gasteiger partial charge in [-0.15, -0.1) is 0 Å². The van der Waals surface area contributed by atoms with E-state index in [-0.39, 0.29) is 18.1 Å². The number of nitrogens with zero attached hydrogens (tertiary/aromatic N) is 1. The summed E-state index contributed by atoms with van der Waals surface area (Å²) in [5.41, 5.74) is 2.58. The predicted octanol–water partition coefficient (Wildman–Crippen LogP) is 2.92. The summed E-state index contributed by atoms with van der Waals surface area (Å²) in [6, 6.07) is 10.2. The van der Waals surface area contributed by atoms with Crippen molar-refractivity contribution in [2.45, 2.75) is 13.3 Å². The highest BCUT2D eigenvalue weighted by Crippen LogP contribution is 2.30. The second-order valence-corrected chi connectivity index (χ2v) is 5.28. The van der Waals surface area contributed by atoms with Crippen LogP contribution < -0.4 is 14.4 Å². The fourth-order valence-corrected chi connectivity index (χ4v) is 2.31. The minimum atomic E-state index is -0.0500. The Morgan fingerprint density at radius 2 is 1.65 bits per heavy atom. The molecule has 5 heteroatoms. The lowest BCUT2D eigenvalue weighted by atomic mass is 10.0. The molecule has 0 radical (unpaired) electrons. The normalized spacial score (nSPS) is 10.3. The molecule has 0 fully saturated rings. The molecule has 0 aliphatic carbocycles. The second-order valence-electron chi connectivity index (χ2n) is 5.28. The fourth-order valence-electron chi connectivity index (χ4n) is 2.31. The molecular weight excluding hydrogens is 294 g/mol. The van der Waals surface area contributed by atoms with Gasteiger partial charge < -0.3 is 19.5 Å². The molecule has 0 unspecified atom stereocenters. The number of phenolic OH excluding ortho intramolecular Hbond substituents is 1. The molecular formula is C18H21NO4. The van der Waals surface area contributed by atoms with Gasteiger partial charge in [-0.25, -0.2) is 0 Å². The molecule has 2 aromatic rings. The van der Waals surface area contributed by atoms with Gasteiger partial charge in [-0.1, -0.05) is 0 Å². The van der Waals surface area contributed by atoms with Crippen molar-refractivity contribution in [2.75, 3.05) is 26.2 Å². The van der Waals surface area contributed by atoms with E-state index < -0.39 is 0 Å². The Hall–Kier alpha value is -2.69. The zero-order valence-electron chi connectivity index (χ0n) is 13.8. The lowest BCUT2D eigenvalue weighted by molar-refractivity contribution is -0.117. The molecule has 0 spiro atoms. The van der Waals surface area contributed by atoms with Crippen molar-refractivity contribution in [2.24, 2.45) is 0 Å². The maximum absolute atomic E-state index is 12.5. The minimum Gasteiger partial charge on any atom is -0.508 e. The van der Waals surface area contributed by atoms with Crippen LogP contribution in [0.25, 0.3) is 0 Å². The van der Waals surface area contributed by atoms with Crippen molar-refractivity contribution in [3.63, 3.8) is 0 Å². The molecule has 5 nitrogen and oxygen atoms in total. The number of ether oxygens (including phenoxy) is 2. The minimum absolute atomic E-state index is 0.0500. The highest BCUT2D eigenvalue weighted by atomic mass is 16.5. The summed E-state index contributed by atoms with van der Waals surface area (Å²) in [5.74, 6) is 1.37. The van der Waals surface area contributed by atoms with Gasteiger partial charge in [-0.05, 0) is 54.4 Å². The topological polar surface area (TPSA) is 59.0 Å². The number of aryl methyl sites for hydroxylation is 1. The first-order valence-corrected chi connectivity index (χ1v) is 7.23. The summed E-state index contributed by atoms with van der Waals surface area (Å²) < 4.78 is 10.6. The third-order valence-corrected chi connectivity index (χ3v) is 3.79. The monoisotopic (exact) mass is 315 g/mol. The second kappa shape index (κ2) is 7.05. The summed E-state index contributed by atoms with van der Waals surface area (Å²) in [5, 5.41) is 9.33. The fraction of sp³-hybridized carbons (Fsp3) is 0.278. The van der Waals surface area contributed by atoms with E-state index in [1.54, 1.807) is 50.4 Å². The number of hydrogen-bond donors (Lipinski definition) is 1. The molecule has 122 valence electrons. The van der Waals surface area contributed by atoms with Crippen molar-refractivity contribution in [1.82, 2.24) is 0 Å². The van der Waals surface area contributed by atoms with Gasteiger partial charge in [-0.3, -0.25) is 4.79 Å². The zero-order chi connectivity index (χ0) is 17.0. The van der Waals surface area contributed by atoms with Crippen LogP contribution in [0.3, 0.4) is 0 Å². The molecule has 1 amide bonds. The number of amides is 1. The highest BCUT2D eigenvalue weighted by Gasteiger charge is 2.15. The number of hydrogen-bond acceptors (Lipinski definition) is 4. The molecule has 0 saturated heterocycles. The molecule has 0 heterocycles. The maximum atomic E-state index is 12.5. The number of likely N-dealkylation sites (N-methyl/N-ethyl adjacent to an activating group) is 1. The molecule has 0 aliphatic rings. The summed E-state index contributed by atoms with van der Waals surface area (Å²) in [7, 11) is 4.87. The average Bonchev–Trinajstić information content (AvgIpc) is 2.56. The van der Waals surface area contributed by atoms with Crippen LogP contribution >= 0.6 is 0 Å². The van der Waals surface area contributed by atoms with Crippen molar-refractivity contribution >= 4 is 11.6 Å². The summed E-state index contributed by atoms with van der Waals surface area (Å²) in [6.07, 6.45) is 0.254. The van der Waals surface area contributed by atoms with E-state index in [1.807, 2.05) is 19.1 Å². The molecule has 23 heavy (non-hydrogen) atoms. The van der Waals surface area contributed by atoms with Crippen molar-refractivity contribution < 1.29 is 19.4 Å². The quantitative estimate of drug-likeness (QED) is 0.921. The van der Waals surface area contributed by atoms with Crippen LogP contribution in [-0.4, -0.2) is 32.3 Å². The number of methoxy groups -OCH3 is 2. The van der Waals surface area contributed by atoms with E-state index in [2.05, 4.69) is 0 Å². The molecule has 2 aromatic carbocycles. The van der Waals surface area contributed by atoms with Crippen molar-refractivity contribution in [3.8, 4) is 17.2 Å². The molecule has 0 aromatic heterocycles. The van der Waals surface area contributed by atoms with Crippen LogP contribution in [0.4, 0.5) is 5.69 Å². The number of phenols is 1. The Balaban J connectivity index is 2.21. The molecule has 2 rings (SSSR count). The summed E-state index contributed by atoms with van der Waals surface area (Å²) in [4.78, 5) is 14.1. The first kappa shape index (κ1) is 16.7. The van der Waals surface area contributed by atoms with Gasteiger partial charge in [0.15, 0.2) is 11.5 Å². The van der Waals surface area contributed by atoms with Crippen LogP contribution in [0.15, 0.2) is 36.4 Å². The smallest absolute Gasteiger partial charge is 0.231 e. The van der Waals surface area contributed by atoms with Gasteiger partial charge in [0.2, 0.25) is 5.91 Å². The van der Waals surface area contributed by atoms with E-state index in [9.17, 15) is 9.90 Å². The number of carbonyl (C=O) groups is 1. The van der Waals surface area contributed by atoms with Gasteiger partial charge in [0, 0.05) is 12.7 Å². The number of benzene rings is 2. The Morgan fingerprint density at radius 1 is 1.09 bits per heavy atom. The van der Waals surface area contributed by atoms with Gasteiger partial charge in [0.1, 0.15) is 5.75 Å². The Bertz CT molecular complexity index is 695. The highest BCUT2D eigenvalue weighted by molar-refractivity contribution is 5.94. The zero-order valence-corrected chi connectivity index (χ0v) is 13.8. The number of rotatable bonds is 5. The van der Waals surface area contributed by atoms with Crippen LogP contribution in [0.2, 0.25) is 0 Å². The first-order valence-electron chi connectivity index (χ1n) is 7.23. The predicted molar refractivity (Wildman–Crippen MR) is 89.5 cm³/mol. The summed E-state index contributed by atoms with van der Waals surface area (Å²) >= 11 is 0. The SMILES string of the molecule is COc1cc(C)c(CC(=O)N(C)c2ccc(O)cc2)cc1OC. The van der Waals surface area contributed by atoms with E-state index in [1.165, 1.54) is 0 Å². The molecule has 0 bridgehead atoms. The number of aromatic hydroxyl groups is 1. The van der Waals surface area contributed by atoms with Crippen LogP contribution in [-0.2, 0) is 11.2 Å². The van der Waals surface area contributed by atoms with Gasteiger partial charge >= 0.3 is 0 Å². The molecule has 0 aliphatic heterocycles. The Labute approximate surface area is 136 Å². The molecule has 0 saturated carbocycles. The van der Waals surface area contributed by atoms with Gasteiger partial charge in [0.25, 0.3) is 0 Å². The van der Waals surface area contributed by atoms with Crippen LogP contribution in [0.5, 0.6) is 17.2 Å². The number of anilines is 1. The van der Waals surface area contributed by atoms with E-state index in [0.29, 0.717) is 11.5 Å². The Kier molecular flexibility index (Phi) is 5.11. The summed E-state index contributed by atoms with van der Waals surface area (Å²) in [6.45, 7) is 1.94. The third kappa shape index (κ3) is 3.74.